The minimum Gasteiger partial charge on any atom is -0.351 e. The molecule has 4 rings (SSSR count). The molecule has 0 unspecified atom stereocenters. The van der Waals surface area contributed by atoms with Gasteiger partial charge in [0.15, 0.2) is 0 Å². The molecule has 2 N–H and O–H groups in total. The number of piperidine rings is 1. The molecule has 2 aromatic carbocycles. The largest absolute Gasteiger partial charge is 0.351 e. The molecule has 5 nitrogen and oxygen atoms in total. The van der Waals surface area contributed by atoms with E-state index in [1.54, 1.807) is 18.2 Å². The summed E-state index contributed by atoms with van der Waals surface area (Å²) in [5.74, 6) is -0.0899. The van der Waals surface area contributed by atoms with Crippen LogP contribution in [0.5, 0.6) is 0 Å². The Balaban J connectivity index is 1.29. The first kappa shape index (κ1) is 27.6. The maximum Gasteiger partial charge on any atom is 0.224 e. The molecule has 2 aliphatic rings. The van der Waals surface area contributed by atoms with E-state index in [0.29, 0.717) is 11.4 Å². The fraction of sp³-hybridized carbons (Fsp3) is 0.533. The van der Waals surface area contributed by atoms with Crippen molar-refractivity contribution in [3.05, 3.63) is 70.5 Å². The number of hydrogen-bond acceptors (Lipinski definition) is 3. The summed E-state index contributed by atoms with van der Waals surface area (Å²) in [5.41, 5.74) is 1.53. The molecule has 0 bridgehead atoms. The first-order valence-electron chi connectivity index (χ1n) is 13.6. The van der Waals surface area contributed by atoms with Gasteiger partial charge in [-0.2, -0.15) is 0 Å². The van der Waals surface area contributed by atoms with Gasteiger partial charge in [0, 0.05) is 36.1 Å². The molecule has 1 saturated carbocycles. The Hall–Kier alpha value is -2.44. The third-order valence-corrected chi connectivity index (χ3v) is 8.21. The van der Waals surface area contributed by atoms with Gasteiger partial charge in [-0.15, -0.1) is 0 Å². The molecule has 1 atom stereocenters. The normalized spacial score (nSPS) is 19.2. The van der Waals surface area contributed by atoms with Crippen LogP contribution in [0.3, 0.4) is 0 Å². The number of nitrogens with one attached hydrogen (secondary N) is 2. The molecule has 1 saturated heterocycles. The maximum atomic E-state index is 14.0. The molecule has 7 heteroatoms. The number of amides is 2. The summed E-state index contributed by atoms with van der Waals surface area (Å²) < 4.78 is 14.0. The zero-order chi connectivity index (χ0) is 26.3. The van der Waals surface area contributed by atoms with Crippen molar-refractivity contribution < 1.29 is 14.0 Å². The fourth-order valence-corrected chi connectivity index (χ4v) is 5.70. The first-order valence-corrected chi connectivity index (χ1v) is 14.0. The van der Waals surface area contributed by atoms with Gasteiger partial charge in [-0.3, -0.25) is 9.59 Å². The first-order chi connectivity index (χ1) is 17.8. The summed E-state index contributed by atoms with van der Waals surface area (Å²) >= 11 is 5.94. The number of halogens is 2. The van der Waals surface area contributed by atoms with E-state index < -0.39 is 0 Å². The van der Waals surface area contributed by atoms with E-state index in [2.05, 4.69) is 22.5 Å². The minimum atomic E-state index is -0.280. The summed E-state index contributed by atoms with van der Waals surface area (Å²) in [6.45, 7) is 4.65. The Morgan fingerprint density at radius 2 is 1.78 bits per heavy atom. The monoisotopic (exact) mass is 527 g/mol. The molecule has 0 aromatic heterocycles. The van der Waals surface area contributed by atoms with E-state index >= 15 is 0 Å². The van der Waals surface area contributed by atoms with Crippen molar-refractivity contribution in [3.63, 3.8) is 0 Å². The molecule has 2 amide bonds. The van der Waals surface area contributed by atoms with Gasteiger partial charge in [0.25, 0.3) is 0 Å². The highest BCUT2D eigenvalue weighted by Gasteiger charge is 2.32. The molecule has 1 heterocycles. The summed E-state index contributed by atoms with van der Waals surface area (Å²) in [7, 11) is 0. The third-order valence-electron chi connectivity index (χ3n) is 7.96. The lowest BCUT2D eigenvalue weighted by molar-refractivity contribution is -0.126. The quantitative estimate of drug-likeness (QED) is 0.432. The smallest absolute Gasteiger partial charge is 0.224 e. The lowest BCUT2D eigenvalue weighted by atomic mass is 9.88. The summed E-state index contributed by atoms with van der Waals surface area (Å²) in [6.07, 6.45) is 8.07. The molecule has 2 aromatic rings. The van der Waals surface area contributed by atoms with Crippen LogP contribution in [0.1, 0.15) is 75.5 Å². The summed E-state index contributed by atoms with van der Waals surface area (Å²) in [6, 6.07) is 13.8. The van der Waals surface area contributed by atoms with E-state index in [1.807, 2.05) is 18.2 Å². The summed E-state index contributed by atoms with van der Waals surface area (Å²) in [5, 5.41) is 7.15. The maximum absolute atomic E-state index is 14.0. The van der Waals surface area contributed by atoms with Gasteiger partial charge >= 0.3 is 0 Å². The molecule has 2 fully saturated rings. The second-order valence-electron chi connectivity index (χ2n) is 11.0. The Labute approximate surface area is 225 Å². The zero-order valence-electron chi connectivity index (χ0n) is 21.8. The molecule has 37 heavy (non-hydrogen) atoms. The van der Waals surface area contributed by atoms with Crippen molar-refractivity contribution in [1.82, 2.24) is 15.5 Å². The van der Waals surface area contributed by atoms with Crippen LogP contribution in [-0.2, 0) is 16.0 Å². The highest BCUT2D eigenvalue weighted by atomic mass is 35.5. The van der Waals surface area contributed by atoms with Gasteiger partial charge in [0.2, 0.25) is 11.8 Å². The SMILES string of the molecule is CC1(NC(=O)Cc2ccc(Cl)cc2)CCN(CC[C@H](NC(=O)C2CCCCC2)c2cccc(F)c2)CC1. The van der Waals surface area contributed by atoms with Crippen LogP contribution >= 0.6 is 11.6 Å². The molecule has 0 radical (unpaired) electrons. The summed E-state index contributed by atoms with van der Waals surface area (Å²) in [4.78, 5) is 28.0. The van der Waals surface area contributed by atoms with Gasteiger partial charge < -0.3 is 15.5 Å². The Bertz CT molecular complexity index is 1050. The number of hydrogen-bond donors (Lipinski definition) is 2. The standard InChI is InChI=1S/C30H39ClFN3O2/c1-30(34-28(36)20-22-10-12-25(31)13-11-22)15-18-35(19-16-30)17-14-27(24-8-5-9-26(32)21-24)33-29(37)23-6-3-2-4-7-23/h5,8-13,21,23,27H,2-4,6-7,14-20H2,1H3,(H,33,37)(H,34,36)/t27-/m0/s1. The third kappa shape index (κ3) is 8.27. The van der Waals surface area contributed by atoms with E-state index in [1.165, 1.54) is 18.6 Å². The Morgan fingerprint density at radius 1 is 1.08 bits per heavy atom. The van der Waals surface area contributed by atoms with Gasteiger partial charge in [-0.05, 0) is 74.4 Å². The highest BCUT2D eigenvalue weighted by Crippen LogP contribution is 2.27. The van der Waals surface area contributed by atoms with Gasteiger partial charge in [-0.25, -0.2) is 4.39 Å². The van der Waals surface area contributed by atoms with Crippen LogP contribution < -0.4 is 10.6 Å². The van der Waals surface area contributed by atoms with Gasteiger partial charge in [-0.1, -0.05) is 55.1 Å². The lowest BCUT2D eigenvalue weighted by Crippen LogP contribution is -2.54. The Kier molecular flexibility index (Phi) is 9.60. The molecular formula is C30H39ClFN3O2. The van der Waals surface area contributed by atoms with Crippen LogP contribution in [0.2, 0.25) is 5.02 Å². The second kappa shape index (κ2) is 12.9. The lowest BCUT2D eigenvalue weighted by Gasteiger charge is -2.40. The van der Waals surface area contributed by atoms with Gasteiger partial charge in [0.1, 0.15) is 5.82 Å². The zero-order valence-corrected chi connectivity index (χ0v) is 22.5. The van der Waals surface area contributed by atoms with Gasteiger partial charge in [0.05, 0.1) is 12.5 Å². The van der Waals surface area contributed by atoms with Crippen molar-refractivity contribution in [2.45, 2.75) is 76.3 Å². The van der Waals surface area contributed by atoms with E-state index in [9.17, 15) is 14.0 Å². The number of carbonyl (C=O) groups is 2. The van der Waals surface area contributed by atoms with Crippen molar-refractivity contribution >= 4 is 23.4 Å². The van der Waals surface area contributed by atoms with Crippen LogP contribution in [0.4, 0.5) is 4.39 Å². The fourth-order valence-electron chi connectivity index (χ4n) is 5.58. The van der Waals surface area contributed by atoms with Crippen LogP contribution in [0, 0.1) is 11.7 Å². The average Bonchev–Trinajstić information content (AvgIpc) is 2.89. The molecule has 1 aliphatic carbocycles. The predicted octanol–water partition coefficient (Wildman–Crippen LogP) is 5.82. The van der Waals surface area contributed by atoms with Crippen molar-refractivity contribution in [1.29, 1.82) is 0 Å². The van der Waals surface area contributed by atoms with Crippen molar-refractivity contribution in [2.75, 3.05) is 19.6 Å². The van der Waals surface area contributed by atoms with Crippen molar-refractivity contribution in [2.24, 2.45) is 5.92 Å². The topological polar surface area (TPSA) is 61.4 Å². The van der Waals surface area contributed by atoms with Crippen LogP contribution in [0.25, 0.3) is 0 Å². The molecule has 0 spiro atoms. The molecule has 1 aliphatic heterocycles. The number of rotatable bonds is 9. The number of nitrogens with zero attached hydrogens (tertiary/aromatic N) is 1. The molecule has 200 valence electrons. The average molecular weight is 528 g/mol. The Morgan fingerprint density at radius 3 is 2.46 bits per heavy atom. The number of carbonyl (C=O) groups excluding carboxylic acids is 2. The minimum absolute atomic E-state index is 0.0230. The second-order valence-corrected chi connectivity index (χ2v) is 11.4. The predicted molar refractivity (Wildman–Crippen MR) is 146 cm³/mol. The van der Waals surface area contributed by atoms with E-state index in [-0.39, 0.29) is 35.1 Å². The van der Waals surface area contributed by atoms with Crippen molar-refractivity contribution in [3.8, 4) is 0 Å². The number of likely N-dealkylation sites (tertiary alicyclic amines) is 1. The van der Waals surface area contributed by atoms with E-state index in [0.717, 1.165) is 75.7 Å². The van der Waals surface area contributed by atoms with Crippen LogP contribution in [-0.4, -0.2) is 41.9 Å². The number of benzene rings is 2. The highest BCUT2D eigenvalue weighted by molar-refractivity contribution is 6.30. The molecular weight excluding hydrogens is 489 g/mol. The van der Waals surface area contributed by atoms with Crippen LogP contribution in [0.15, 0.2) is 48.5 Å². The van der Waals surface area contributed by atoms with E-state index in [4.69, 9.17) is 11.6 Å².